The Morgan fingerprint density at radius 2 is 1.59 bits per heavy atom. The number of carbonyl (C=O) groups is 3. The van der Waals surface area contributed by atoms with E-state index in [0.717, 1.165) is 22.3 Å². The number of hydrogen-bond acceptors (Lipinski definition) is 5. The molecule has 8 nitrogen and oxygen atoms in total. The van der Waals surface area contributed by atoms with E-state index in [4.69, 9.17) is 14.6 Å². The number of methoxy groups -OCH3 is 1. The summed E-state index contributed by atoms with van der Waals surface area (Å²) in [5, 5.41) is 14.5. The molecule has 3 rings (SSSR count). The van der Waals surface area contributed by atoms with Crippen molar-refractivity contribution in [1.29, 1.82) is 0 Å². The van der Waals surface area contributed by atoms with E-state index in [1.807, 2.05) is 24.3 Å². The highest BCUT2D eigenvalue weighted by molar-refractivity contribution is 5.79. The van der Waals surface area contributed by atoms with Gasteiger partial charge >= 0.3 is 12.1 Å². The Hall–Kier alpha value is -3.39. The van der Waals surface area contributed by atoms with Crippen molar-refractivity contribution < 1.29 is 29.0 Å². The smallest absolute Gasteiger partial charge is 0.407 e. The second-order valence-electron chi connectivity index (χ2n) is 9.06. The molecule has 0 heterocycles. The van der Waals surface area contributed by atoms with E-state index in [1.165, 1.54) is 7.11 Å². The van der Waals surface area contributed by atoms with Gasteiger partial charge in [-0.15, -0.1) is 0 Å². The number of rotatable bonds is 11. The molecule has 0 aromatic heterocycles. The lowest BCUT2D eigenvalue weighted by Gasteiger charge is -2.20. The Morgan fingerprint density at radius 3 is 2.15 bits per heavy atom. The van der Waals surface area contributed by atoms with Crippen LogP contribution in [0.2, 0.25) is 0 Å². The van der Waals surface area contributed by atoms with E-state index in [1.54, 1.807) is 13.8 Å². The molecule has 0 bridgehead atoms. The fourth-order valence-corrected chi connectivity index (χ4v) is 3.99. The Labute approximate surface area is 199 Å². The standard InChI is InChI=1S/C26H32N2O6/c1-26(2,24(30)31)12-13-27-23(29)14-17(33-3)15-28-25(32)34-16-22-20-10-6-4-8-18(20)19-9-5-7-11-21(19)22/h4-11,17,22H,12-16H2,1-3H3,(H,27,29)(H,28,32)(H,30,31). The highest BCUT2D eigenvalue weighted by Gasteiger charge is 2.29. The summed E-state index contributed by atoms with van der Waals surface area (Å²) in [5.74, 6) is -1.22. The molecule has 0 aliphatic heterocycles. The van der Waals surface area contributed by atoms with Crippen molar-refractivity contribution in [2.24, 2.45) is 5.41 Å². The highest BCUT2D eigenvalue weighted by atomic mass is 16.5. The second-order valence-corrected chi connectivity index (χ2v) is 9.06. The SMILES string of the molecule is COC(CNC(=O)OCC1c2ccccc2-c2ccccc21)CC(=O)NCCC(C)(C)C(=O)O. The maximum atomic E-state index is 12.3. The van der Waals surface area contributed by atoms with E-state index in [-0.39, 0.29) is 37.9 Å². The van der Waals surface area contributed by atoms with Crippen molar-refractivity contribution in [1.82, 2.24) is 10.6 Å². The quantitative estimate of drug-likeness (QED) is 0.465. The molecule has 8 heteroatoms. The molecule has 1 unspecified atom stereocenters. The Kier molecular flexibility index (Phi) is 8.28. The van der Waals surface area contributed by atoms with Gasteiger partial charge in [0.05, 0.1) is 17.9 Å². The van der Waals surface area contributed by atoms with Gasteiger partial charge in [-0.25, -0.2) is 4.79 Å². The van der Waals surface area contributed by atoms with Crippen LogP contribution < -0.4 is 10.6 Å². The first-order valence-corrected chi connectivity index (χ1v) is 11.3. The molecule has 182 valence electrons. The van der Waals surface area contributed by atoms with E-state index in [2.05, 4.69) is 34.9 Å². The van der Waals surface area contributed by atoms with Crippen LogP contribution >= 0.6 is 0 Å². The van der Waals surface area contributed by atoms with Gasteiger partial charge in [0.2, 0.25) is 5.91 Å². The molecule has 0 saturated heterocycles. The Morgan fingerprint density at radius 1 is 1.00 bits per heavy atom. The number of fused-ring (bicyclic) bond motifs is 3. The van der Waals surface area contributed by atoms with Crippen molar-refractivity contribution in [3.63, 3.8) is 0 Å². The molecule has 0 saturated carbocycles. The average molecular weight is 469 g/mol. The van der Waals surface area contributed by atoms with Crippen LogP contribution in [0.4, 0.5) is 4.79 Å². The van der Waals surface area contributed by atoms with E-state index >= 15 is 0 Å². The fraction of sp³-hybridized carbons (Fsp3) is 0.423. The molecule has 2 aromatic rings. The van der Waals surface area contributed by atoms with Gasteiger partial charge in [-0.3, -0.25) is 9.59 Å². The second kappa shape index (κ2) is 11.2. The van der Waals surface area contributed by atoms with Crippen molar-refractivity contribution in [2.45, 2.75) is 38.7 Å². The van der Waals surface area contributed by atoms with E-state index < -0.39 is 23.6 Å². The lowest BCUT2D eigenvalue weighted by molar-refractivity contribution is -0.147. The monoisotopic (exact) mass is 468 g/mol. The predicted molar refractivity (Wildman–Crippen MR) is 128 cm³/mol. The molecule has 0 spiro atoms. The van der Waals surface area contributed by atoms with Crippen LogP contribution in [0.5, 0.6) is 0 Å². The number of carboxylic acid groups (broad SMARTS) is 1. The van der Waals surface area contributed by atoms with Crippen molar-refractivity contribution in [3.8, 4) is 11.1 Å². The topological polar surface area (TPSA) is 114 Å². The molecule has 2 amide bonds. The lowest BCUT2D eigenvalue weighted by atomic mass is 9.90. The molecular formula is C26H32N2O6. The van der Waals surface area contributed by atoms with Crippen LogP contribution in [0.15, 0.2) is 48.5 Å². The summed E-state index contributed by atoms with van der Waals surface area (Å²) in [5.41, 5.74) is 3.66. The first-order valence-electron chi connectivity index (χ1n) is 11.3. The maximum absolute atomic E-state index is 12.3. The summed E-state index contributed by atoms with van der Waals surface area (Å²) in [4.78, 5) is 35.6. The van der Waals surface area contributed by atoms with Gasteiger partial charge in [0.1, 0.15) is 6.61 Å². The van der Waals surface area contributed by atoms with Crippen molar-refractivity contribution >= 4 is 18.0 Å². The number of alkyl carbamates (subject to hydrolysis) is 1. The third kappa shape index (κ3) is 6.14. The summed E-state index contributed by atoms with van der Waals surface area (Å²) in [7, 11) is 1.46. The number of hydrogen-bond donors (Lipinski definition) is 3. The number of amides is 2. The number of nitrogens with one attached hydrogen (secondary N) is 2. The van der Waals surface area contributed by atoms with Crippen LogP contribution in [0, 0.1) is 5.41 Å². The summed E-state index contributed by atoms with van der Waals surface area (Å²) >= 11 is 0. The van der Waals surface area contributed by atoms with Gasteiger partial charge < -0.3 is 25.2 Å². The van der Waals surface area contributed by atoms with Gasteiger partial charge in [-0.1, -0.05) is 48.5 Å². The first kappa shape index (κ1) is 25.2. The van der Waals surface area contributed by atoms with Gasteiger partial charge in [0.15, 0.2) is 0 Å². The van der Waals surface area contributed by atoms with Crippen LogP contribution in [0.3, 0.4) is 0 Å². The first-order chi connectivity index (χ1) is 16.2. The lowest BCUT2D eigenvalue weighted by Crippen LogP contribution is -2.38. The molecule has 34 heavy (non-hydrogen) atoms. The van der Waals surface area contributed by atoms with Gasteiger partial charge in [-0.05, 0) is 42.5 Å². The van der Waals surface area contributed by atoms with Crippen LogP contribution in [-0.4, -0.2) is 56.0 Å². The zero-order valence-electron chi connectivity index (χ0n) is 19.8. The molecule has 2 aromatic carbocycles. The normalized spacial score (nSPS) is 13.5. The zero-order chi connectivity index (χ0) is 24.7. The molecule has 0 radical (unpaired) electrons. The molecular weight excluding hydrogens is 436 g/mol. The summed E-state index contributed by atoms with van der Waals surface area (Å²) in [6, 6.07) is 16.2. The zero-order valence-corrected chi connectivity index (χ0v) is 19.8. The molecule has 3 N–H and O–H groups in total. The Bertz CT molecular complexity index is 990. The van der Waals surface area contributed by atoms with Crippen molar-refractivity contribution in [3.05, 3.63) is 59.7 Å². The highest BCUT2D eigenvalue weighted by Crippen LogP contribution is 2.44. The van der Waals surface area contributed by atoms with Crippen LogP contribution in [0.25, 0.3) is 11.1 Å². The van der Waals surface area contributed by atoms with E-state index in [0.29, 0.717) is 6.42 Å². The molecule has 1 atom stereocenters. The number of carboxylic acids is 1. The fourth-order valence-electron chi connectivity index (χ4n) is 3.99. The van der Waals surface area contributed by atoms with Gasteiger partial charge in [0.25, 0.3) is 0 Å². The number of ether oxygens (including phenoxy) is 2. The average Bonchev–Trinajstić information content (AvgIpc) is 3.14. The molecule has 1 aliphatic rings. The summed E-state index contributed by atoms with van der Waals surface area (Å²) in [6.07, 6.45) is -0.766. The third-order valence-corrected chi connectivity index (χ3v) is 6.22. The predicted octanol–water partition coefficient (Wildman–Crippen LogP) is 3.55. The van der Waals surface area contributed by atoms with Gasteiger partial charge in [0, 0.05) is 26.1 Å². The minimum atomic E-state index is -0.917. The van der Waals surface area contributed by atoms with Crippen LogP contribution in [0.1, 0.15) is 43.7 Å². The minimum absolute atomic E-state index is 0.0304. The summed E-state index contributed by atoms with van der Waals surface area (Å²) < 4.78 is 10.8. The number of carbonyl (C=O) groups excluding carboxylic acids is 2. The Balaban J connectivity index is 1.44. The molecule has 1 aliphatic carbocycles. The largest absolute Gasteiger partial charge is 0.481 e. The minimum Gasteiger partial charge on any atom is -0.481 e. The third-order valence-electron chi connectivity index (χ3n) is 6.22. The summed E-state index contributed by atoms with van der Waals surface area (Å²) in [6.45, 7) is 3.78. The number of benzene rings is 2. The van der Waals surface area contributed by atoms with Crippen LogP contribution in [-0.2, 0) is 19.1 Å². The van der Waals surface area contributed by atoms with E-state index in [9.17, 15) is 14.4 Å². The molecule has 0 fully saturated rings. The van der Waals surface area contributed by atoms with Gasteiger partial charge in [-0.2, -0.15) is 0 Å². The number of aliphatic carboxylic acids is 1. The maximum Gasteiger partial charge on any atom is 0.407 e. The van der Waals surface area contributed by atoms with Crippen molar-refractivity contribution in [2.75, 3.05) is 26.8 Å².